The number of esters is 1. The molecule has 1 saturated heterocycles. The van der Waals surface area contributed by atoms with Crippen LogP contribution in [-0.2, 0) is 9.59 Å². The van der Waals surface area contributed by atoms with Gasteiger partial charge in [-0.05, 0) is 48.0 Å². The van der Waals surface area contributed by atoms with Gasteiger partial charge in [-0.15, -0.1) is 0 Å². The third-order valence-corrected chi connectivity index (χ3v) is 4.40. The Hall–Kier alpha value is -4.26. The normalized spacial score (nSPS) is 14.7. The largest absolute Gasteiger partial charge is 0.423 e. The molecular formula is C23H15FN2O4. The van der Waals surface area contributed by atoms with Gasteiger partial charge in [0.15, 0.2) is 0 Å². The van der Waals surface area contributed by atoms with Gasteiger partial charge >= 0.3 is 5.97 Å². The minimum Gasteiger partial charge on any atom is -0.423 e. The Labute approximate surface area is 171 Å². The SMILES string of the molecule is O=C1NN(c2ccccc2)C(=O)/C1=C/c1ccc(OC(=O)c2ccccc2F)cc1. The van der Waals surface area contributed by atoms with Gasteiger partial charge in [-0.3, -0.25) is 15.0 Å². The zero-order valence-electron chi connectivity index (χ0n) is 15.5. The molecule has 4 rings (SSSR count). The quantitative estimate of drug-likeness (QED) is 0.314. The second-order valence-electron chi connectivity index (χ2n) is 6.41. The zero-order chi connectivity index (χ0) is 21.1. The molecule has 30 heavy (non-hydrogen) atoms. The molecule has 3 aromatic carbocycles. The fourth-order valence-electron chi connectivity index (χ4n) is 2.90. The van der Waals surface area contributed by atoms with Crippen LogP contribution in [0, 0.1) is 5.82 Å². The summed E-state index contributed by atoms with van der Waals surface area (Å²) in [5, 5.41) is 1.18. The number of nitrogens with one attached hydrogen (secondary N) is 1. The van der Waals surface area contributed by atoms with Crippen molar-refractivity contribution in [2.75, 3.05) is 5.01 Å². The molecular weight excluding hydrogens is 387 g/mol. The summed E-state index contributed by atoms with van der Waals surface area (Å²) < 4.78 is 18.8. The first kappa shape index (κ1) is 19.1. The van der Waals surface area contributed by atoms with Crippen LogP contribution in [0.3, 0.4) is 0 Å². The van der Waals surface area contributed by atoms with E-state index in [0.29, 0.717) is 11.3 Å². The van der Waals surface area contributed by atoms with Crippen molar-refractivity contribution >= 4 is 29.5 Å². The highest BCUT2D eigenvalue weighted by molar-refractivity contribution is 6.31. The van der Waals surface area contributed by atoms with E-state index in [0.717, 1.165) is 0 Å². The highest BCUT2D eigenvalue weighted by Crippen LogP contribution is 2.22. The minimum absolute atomic E-state index is 0.0186. The molecule has 0 saturated carbocycles. The van der Waals surface area contributed by atoms with Crippen LogP contribution in [0.2, 0.25) is 0 Å². The molecule has 1 fully saturated rings. The van der Waals surface area contributed by atoms with E-state index in [4.69, 9.17) is 4.74 Å². The molecule has 0 spiro atoms. The number of hydrogen-bond donors (Lipinski definition) is 1. The van der Waals surface area contributed by atoms with Gasteiger partial charge in [0.25, 0.3) is 11.8 Å². The lowest BCUT2D eigenvalue weighted by molar-refractivity contribution is -0.117. The van der Waals surface area contributed by atoms with Gasteiger partial charge in [-0.25, -0.2) is 14.2 Å². The van der Waals surface area contributed by atoms with Gasteiger partial charge in [-0.1, -0.05) is 42.5 Å². The van der Waals surface area contributed by atoms with Crippen LogP contribution in [0.5, 0.6) is 5.75 Å². The molecule has 1 heterocycles. The van der Waals surface area contributed by atoms with E-state index >= 15 is 0 Å². The Morgan fingerprint density at radius 1 is 0.900 bits per heavy atom. The number of carbonyl (C=O) groups is 3. The fraction of sp³-hybridized carbons (Fsp3) is 0. The number of ether oxygens (including phenoxy) is 1. The molecule has 148 valence electrons. The van der Waals surface area contributed by atoms with E-state index in [9.17, 15) is 18.8 Å². The summed E-state index contributed by atoms with van der Waals surface area (Å²) in [7, 11) is 0. The van der Waals surface area contributed by atoms with E-state index in [2.05, 4.69) is 5.43 Å². The van der Waals surface area contributed by atoms with Crippen molar-refractivity contribution in [3.63, 3.8) is 0 Å². The molecule has 0 aliphatic carbocycles. The van der Waals surface area contributed by atoms with Crippen molar-refractivity contribution in [3.05, 3.63) is 101 Å². The number of amides is 2. The molecule has 0 aromatic heterocycles. The van der Waals surface area contributed by atoms with E-state index in [-0.39, 0.29) is 16.9 Å². The Morgan fingerprint density at radius 2 is 1.57 bits per heavy atom. The van der Waals surface area contributed by atoms with Crippen LogP contribution in [0.15, 0.2) is 84.4 Å². The van der Waals surface area contributed by atoms with Gasteiger partial charge in [0.1, 0.15) is 17.1 Å². The summed E-state index contributed by atoms with van der Waals surface area (Å²) in [6.45, 7) is 0. The maximum atomic E-state index is 13.7. The molecule has 1 N–H and O–H groups in total. The van der Waals surface area contributed by atoms with Crippen LogP contribution in [0.1, 0.15) is 15.9 Å². The molecule has 1 aliphatic heterocycles. The highest BCUT2D eigenvalue weighted by atomic mass is 19.1. The summed E-state index contributed by atoms with van der Waals surface area (Å²) >= 11 is 0. The van der Waals surface area contributed by atoms with E-state index < -0.39 is 23.6 Å². The van der Waals surface area contributed by atoms with Gasteiger partial charge in [0, 0.05) is 0 Å². The lowest BCUT2D eigenvalue weighted by atomic mass is 10.1. The Kier molecular flexibility index (Phi) is 5.09. The molecule has 0 bridgehead atoms. The maximum Gasteiger partial charge on any atom is 0.346 e. The summed E-state index contributed by atoms with van der Waals surface area (Å²) in [4.78, 5) is 36.9. The number of nitrogens with zero attached hydrogens (tertiary/aromatic N) is 1. The van der Waals surface area contributed by atoms with Crippen LogP contribution >= 0.6 is 0 Å². The first-order valence-corrected chi connectivity index (χ1v) is 9.02. The number of rotatable bonds is 4. The minimum atomic E-state index is -0.817. The van der Waals surface area contributed by atoms with Crippen LogP contribution in [0.25, 0.3) is 6.08 Å². The number of hydrazine groups is 1. The van der Waals surface area contributed by atoms with Gasteiger partial charge in [0.2, 0.25) is 0 Å². The smallest absolute Gasteiger partial charge is 0.346 e. The summed E-state index contributed by atoms with van der Waals surface area (Å²) in [5.41, 5.74) is 3.45. The predicted molar refractivity (Wildman–Crippen MR) is 108 cm³/mol. The van der Waals surface area contributed by atoms with E-state index in [1.807, 2.05) is 6.07 Å². The molecule has 0 radical (unpaired) electrons. The molecule has 3 aromatic rings. The van der Waals surface area contributed by atoms with Gasteiger partial charge < -0.3 is 4.74 Å². The van der Waals surface area contributed by atoms with Crippen LogP contribution < -0.4 is 15.2 Å². The third kappa shape index (κ3) is 3.81. The van der Waals surface area contributed by atoms with Crippen molar-refractivity contribution in [3.8, 4) is 5.75 Å². The predicted octanol–water partition coefficient (Wildman–Crippen LogP) is 3.51. The first-order chi connectivity index (χ1) is 14.5. The monoisotopic (exact) mass is 402 g/mol. The number of anilines is 1. The van der Waals surface area contributed by atoms with E-state index in [1.54, 1.807) is 36.4 Å². The Bertz CT molecular complexity index is 1160. The summed E-state index contributed by atoms with van der Waals surface area (Å²) in [6, 6.07) is 20.4. The molecule has 2 amide bonds. The summed E-state index contributed by atoms with van der Waals surface area (Å²) in [5.74, 6) is -2.26. The van der Waals surface area contributed by atoms with E-state index in [1.165, 1.54) is 47.5 Å². The van der Waals surface area contributed by atoms with Crippen molar-refractivity contribution in [1.29, 1.82) is 0 Å². The summed E-state index contributed by atoms with van der Waals surface area (Å²) in [6.07, 6.45) is 1.45. The molecule has 0 unspecified atom stereocenters. The standard InChI is InChI=1S/C23H15FN2O4/c24-20-9-5-4-8-18(20)23(29)30-17-12-10-15(11-13-17)14-19-21(27)25-26(22(19)28)16-6-2-1-3-7-16/h1-14H,(H,25,27)/b19-14+. The molecule has 1 aliphatic rings. The topological polar surface area (TPSA) is 75.7 Å². The van der Waals surface area contributed by atoms with Crippen molar-refractivity contribution in [2.24, 2.45) is 0 Å². The second-order valence-corrected chi connectivity index (χ2v) is 6.41. The van der Waals surface area contributed by atoms with Crippen LogP contribution in [0.4, 0.5) is 10.1 Å². The Balaban J connectivity index is 1.50. The van der Waals surface area contributed by atoms with Gasteiger partial charge in [0.05, 0.1) is 11.3 Å². The van der Waals surface area contributed by atoms with Crippen molar-refractivity contribution in [1.82, 2.24) is 5.43 Å². The number of para-hydroxylation sites is 1. The lowest BCUT2D eigenvalue weighted by Gasteiger charge is -2.13. The molecule has 7 heteroatoms. The number of carbonyl (C=O) groups excluding carboxylic acids is 3. The van der Waals surface area contributed by atoms with Crippen molar-refractivity contribution < 1.29 is 23.5 Å². The number of benzene rings is 3. The maximum absolute atomic E-state index is 13.7. The van der Waals surface area contributed by atoms with Crippen LogP contribution in [-0.4, -0.2) is 17.8 Å². The number of halogens is 1. The van der Waals surface area contributed by atoms with Crippen molar-refractivity contribution in [2.45, 2.75) is 0 Å². The fourth-order valence-corrected chi connectivity index (χ4v) is 2.90. The first-order valence-electron chi connectivity index (χ1n) is 9.02. The second kappa shape index (κ2) is 8.00. The number of hydrogen-bond acceptors (Lipinski definition) is 4. The average Bonchev–Trinajstić information content (AvgIpc) is 3.04. The third-order valence-electron chi connectivity index (χ3n) is 4.40. The molecule has 0 atom stereocenters. The van der Waals surface area contributed by atoms with Gasteiger partial charge in [-0.2, -0.15) is 0 Å². The zero-order valence-corrected chi connectivity index (χ0v) is 15.5. The molecule has 6 nitrogen and oxygen atoms in total. The highest BCUT2D eigenvalue weighted by Gasteiger charge is 2.34. The average molecular weight is 402 g/mol. The lowest BCUT2D eigenvalue weighted by Crippen LogP contribution is -2.35. The Morgan fingerprint density at radius 3 is 2.27 bits per heavy atom.